The van der Waals surface area contributed by atoms with Gasteiger partial charge in [0.15, 0.2) is 0 Å². The maximum Gasteiger partial charge on any atom is 0.313 e. The van der Waals surface area contributed by atoms with E-state index in [0.717, 1.165) is 10.0 Å². The Morgan fingerprint density at radius 1 is 0.943 bits per heavy atom. The summed E-state index contributed by atoms with van der Waals surface area (Å²) >= 11 is 6.54. The van der Waals surface area contributed by atoms with Crippen LogP contribution in [0.25, 0.3) is 0 Å². The van der Waals surface area contributed by atoms with Gasteiger partial charge in [-0.15, -0.1) is 0 Å². The molecule has 3 aromatic rings. The van der Waals surface area contributed by atoms with Gasteiger partial charge < -0.3 is 19.7 Å². The topological polar surface area (TPSA) is 67.9 Å². The minimum atomic E-state index is -0.685. The standard InChI is InChI=1S/C26H23Br2FN2O4/c27-18-3-1-17(2-4-18)16-34-20-11-13-31(14-12-20)26(33)25(32)30-19-5-7-21(8-6-19)35-22-9-10-24(29)23(28)15-22/h1-10,15,20H,11-14,16H2,(H,30,32). The van der Waals surface area contributed by atoms with Gasteiger partial charge in [-0.1, -0.05) is 28.1 Å². The lowest BCUT2D eigenvalue weighted by atomic mass is 10.1. The van der Waals surface area contributed by atoms with Gasteiger partial charge in [-0.05, 0) is 88.9 Å². The minimum absolute atomic E-state index is 0.0556. The fourth-order valence-corrected chi connectivity index (χ4v) is 4.25. The molecule has 2 amide bonds. The van der Waals surface area contributed by atoms with E-state index in [-0.39, 0.29) is 11.9 Å². The van der Waals surface area contributed by atoms with E-state index < -0.39 is 11.8 Å². The van der Waals surface area contributed by atoms with E-state index in [1.807, 2.05) is 24.3 Å². The van der Waals surface area contributed by atoms with Crippen LogP contribution in [0.2, 0.25) is 0 Å². The van der Waals surface area contributed by atoms with Gasteiger partial charge in [0.25, 0.3) is 0 Å². The van der Waals surface area contributed by atoms with E-state index in [9.17, 15) is 14.0 Å². The third kappa shape index (κ3) is 7.13. The molecule has 3 aromatic carbocycles. The molecule has 0 unspecified atom stereocenters. The minimum Gasteiger partial charge on any atom is -0.457 e. The molecule has 4 rings (SSSR count). The monoisotopic (exact) mass is 604 g/mol. The van der Waals surface area contributed by atoms with Crippen LogP contribution >= 0.6 is 31.9 Å². The highest BCUT2D eigenvalue weighted by molar-refractivity contribution is 9.10. The number of piperidine rings is 1. The number of rotatable bonds is 6. The molecule has 6 nitrogen and oxygen atoms in total. The van der Waals surface area contributed by atoms with Crippen LogP contribution < -0.4 is 10.1 Å². The van der Waals surface area contributed by atoms with Gasteiger partial charge in [-0.3, -0.25) is 9.59 Å². The summed E-state index contributed by atoms with van der Waals surface area (Å²) in [6.45, 7) is 1.46. The Hall–Kier alpha value is -2.75. The molecule has 1 N–H and O–H groups in total. The van der Waals surface area contributed by atoms with Crippen molar-refractivity contribution in [3.8, 4) is 11.5 Å². The maximum atomic E-state index is 13.4. The van der Waals surface area contributed by atoms with Crippen molar-refractivity contribution in [3.05, 3.63) is 87.1 Å². The van der Waals surface area contributed by atoms with Gasteiger partial charge in [0, 0.05) is 23.2 Å². The van der Waals surface area contributed by atoms with Crippen molar-refractivity contribution in [3.63, 3.8) is 0 Å². The second-order valence-electron chi connectivity index (χ2n) is 8.09. The van der Waals surface area contributed by atoms with Crippen LogP contribution in [0.1, 0.15) is 18.4 Å². The Bertz CT molecular complexity index is 1180. The Balaban J connectivity index is 1.22. The summed E-state index contributed by atoms with van der Waals surface area (Å²) < 4.78 is 26.3. The molecule has 0 spiro atoms. The Kier molecular flexibility index (Phi) is 8.54. The van der Waals surface area contributed by atoms with Crippen molar-refractivity contribution in [2.75, 3.05) is 18.4 Å². The molecule has 1 aliphatic heterocycles. The van der Waals surface area contributed by atoms with Crippen LogP contribution in [0.5, 0.6) is 11.5 Å². The average molecular weight is 606 g/mol. The van der Waals surface area contributed by atoms with E-state index >= 15 is 0 Å². The number of hydrogen-bond acceptors (Lipinski definition) is 4. The highest BCUT2D eigenvalue weighted by atomic mass is 79.9. The zero-order valence-corrected chi connectivity index (χ0v) is 21.8. The number of carbonyl (C=O) groups excluding carboxylic acids is 2. The van der Waals surface area contributed by atoms with Crippen molar-refractivity contribution in [1.29, 1.82) is 0 Å². The number of halogens is 3. The molecule has 0 atom stereocenters. The number of hydrogen-bond donors (Lipinski definition) is 1. The number of nitrogens with one attached hydrogen (secondary N) is 1. The molecule has 1 heterocycles. The van der Waals surface area contributed by atoms with E-state index in [4.69, 9.17) is 9.47 Å². The molecule has 9 heteroatoms. The number of nitrogens with zero attached hydrogens (tertiary/aromatic N) is 1. The summed E-state index contributed by atoms with van der Waals surface area (Å²) in [5, 5.41) is 2.63. The zero-order chi connectivity index (χ0) is 24.8. The molecular weight excluding hydrogens is 583 g/mol. The number of ether oxygens (including phenoxy) is 2. The molecule has 1 saturated heterocycles. The van der Waals surface area contributed by atoms with Gasteiger partial charge in [0.2, 0.25) is 0 Å². The van der Waals surface area contributed by atoms with Crippen molar-refractivity contribution < 1.29 is 23.5 Å². The van der Waals surface area contributed by atoms with Crippen molar-refractivity contribution >= 4 is 49.4 Å². The highest BCUT2D eigenvalue weighted by Crippen LogP contribution is 2.27. The largest absolute Gasteiger partial charge is 0.457 e. The van der Waals surface area contributed by atoms with Gasteiger partial charge in [-0.2, -0.15) is 0 Å². The molecule has 1 fully saturated rings. The maximum absolute atomic E-state index is 13.4. The Morgan fingerprint density at radius 2 is 1.60 bits per heavy atom. The van der Waals surface area contributed by atoms with E-state index in [0.29, 0.717) is 54.2 Å². The fraction of sp³-hybridized carbons (Fsp3) is 0.231. The third-order valence-corrected chi connectivity index (χ3v) is 6.70. The van der Waals surface area contributed by atoms with Gasteiger partial charge >= 0.3 is 11.8 Å². The molecule has 1 aliphatic rings. The molecular formula is C26H23Br2FN2O4. The second kappa shape index (κ2) is 11.8. The number of likely N-dealkylation sites (tertiary alicyclic amines) is 1. The summed E-state index contributed by atoms with van der Waals surface area (Å²) in [4.78, 5) is 26.6. The fourth-order valence-electron chi connectivity index (χ4n) is 3.63. The van der Waals surface area contributed by atoms with Gasteiger partial charge in [0.05, 0.1) is 17.2 Å². The molecule has 0 saturated carbocycles. The first-order valence-corrected chi connectivity index (χ1v) is 12.7. The van der Waals surface area contributed by atoms with E-state index in [2.05, 4.69) is 37.2 Å². The summed E-state index contributed by atoms with van der Waals surface area (Å²) in [7, 11) is 0. The summed E-state index contributed by atoms with van der Waals surface area (Å²) in [5.74, 6) is -0.645. The predicted octanol–water partition coefficient (Wildman–Crippen LogP) is 6.29. The lowest BCUT2D eigenvalue weighted by Crippen LogP contribution is -2.45. The van der Waals surface area contributed by atoms with Crippen LogP contribution in [0, 0.1) is 5.82 Å². The van der Waals surface area contributed by atoms with Crippen LogP contribution in [0.15, 0.2) is 75.7 Å². The smallest absolute Gasteiger partial charge is 0.313 e. The first-order valence-electron chi connectivity index (χ1n) is 11.1. The molecule has 0 radical (unpaired) electrons. The third-order valence-electron chi connectivity index (χ3n) is 5.56. The normalized spacial score (nSPS) is 14.0. The lowest BCUT2D eigenvalue weighted by molar-refractivity contribution is -0.145. The predicted molar refractivity (Wildman–Crippen MR) is 138 cm³/mol. The van der Waals surface area contributed by atoms with Crippen LogP contribution in [-0.4, -0.2) is 35.9 Å². The summed E-state index contributed by atoms with van der Waals surface area (Å²) in [6, 6.07) is 18.9. The average Bonchev–Trinajstić information content (AvgIpc) is 2.87. The number of amides is 2. The molecule has 0 aromatic heterocycles. The van der Waals surface area contributed by atoms with Crippen molar-refractivity contribution in [1.82, 2.24) is 4.90 Å². The van der Waals surface area contributed by atoms with E-state index in [1.54, 1.807) is 29.2 Å². The second-order valence-corrected chi connectivity index (χ2v) is 9.86. The molecule has 182 valence electrons. The number of benzene rings is 3. The van der Waals surface area contributed by atoms with Crippen LogP contribution in [-0.2, 0) is 20.9 Å². The number of anilines is 1. The summed E-state index contributed by atoms with van der Waals surface area (Å²) in [6.07, 6.45) is 1.42. The Morgan fingerprint density at radius 3 is 2.26 bits per heavy atom. The first-order chi connectivity index (χ1) is 16.9. The quantitative estimate of drug-likeness (QED) is 0.335. The Labute approximate surface area is 219 Å². The van der Waals surface area contributed by atoms with Crippen LogP contribution in [0.4, 0.5) is 10.1 Å². The highest BCUT2D eigenvalue weighted by Gasteiger charge is 2.27. The lowest BCUT2D eigenvalue weighted by Gasteiger charge is -2.31. The van der Waals surface area contributed by atoms with Crippen molar-refractivity contribution in [2.24, 2.45) is 0 Å². The summed E-state index contributed by atoms with van der Waals surface area (Å²) in [5.41, 5.74) is 1.57. The first kappa shape index (κ1) is 25.3. The molecule has 35 heavy (non-hydrogen) atoms. The van der Waals surface area contributed by atoms with E-state index in [1.165, 1.54) is 18.2 Å². The zero-order valence-electron chi connectivity index (χ0n) is 18.7. The van der Waals surface area contributed by atoms with Gasteiger partial charge in [0.1, 0.15) is 17.3 Å². The molecule has 0 bridgehead atoms. The van der Waals surface area contributed by atoms with Crippen molar-refractivity contribution in [2.45, 2.75) is 25.6 Å². The SMILES string of the molecule is O=C(Nc1ccc(Oc2ccc(F)c(Br)c2)cc1)C(=O)N1CCC(OCc2ccc(Br)cc2)CC1. The van der Waals surface area contributed by atoms with Crippen LogP contribution in [0.3, 0.4) is 0 Å². The number of carbonyl (C=O) groups is 2. The van der Waals surface area contributed by atoms with Gasteiger partial charge in [-0.25, -0.2) is 4.39 Å². The molecule has 0 aliphatic carbocycles.